The maximum absolute atomic E-state index is 16.2. The number of quaternary nitrogens is 1. The van der Waals surface area contributed by atoms with Crippen molar-refractivity contribution in [2.75, 3.05) is 40.8 Å². The molecule has 18 atom stereocenters. The zero-order valence-corrected chi connectivity index (χ0v) is 63.5. The van der Waals surface area contributed by atoms with Crippen LogP contribution in [-0.4, -0.2) is 225 Å². The van der Waals surface area contributed by atoms with Gasteiger partial charge in [-0.25, -0.2) is 0 Å². The predicted octanol–water partition coefficient (Wildman–Crippen LogP) is -2.03. The highest BCUT2D eigenvalue weighted by Crippen LogP contribution is 2.50. The molecule has 7 aliphatic rings. The number of amides is 8. The second-order valence-electron chi connectivity index (χ2n) is 28.8. The lowest BCUT2D eigenvalue weighted by atomic mass is 9.86. The van der Waals surface area contributed by atoms with Gasteiger partial charge in [0.1, 0.15) is 101 Å². The molecule has 22 N–H and O–H groups in total. The molecule has 114 heavy (non-hydrogen) atoms. The highest BCUT2D eigenvalue weighted by atomic mass is 35.5. The molecule has 0 unspecified atom stereocenters. The van der Waals surface area contributed by atoms with Crippen LogP contribution in [0.15, 0.2) is 78.9 Å². The number of phenols is 3. The molecule has 2 saturated heterocycles. The fraction of sp³-hybridized carbons (Fsp3) is 0.466. The van der Waals surface area contributed by atoms with Crippen LogP contribution in [0.2, 0.25) is 10.0 Å². The number of aliphatic hydroxyl groups is 6. The average molecular weight is 1650 g/mol. The number of carbonyl (C=O) groups excluding carboxylic acids is 9. The molecule has 36 nitrogen and oxygen atoms in total. The lowest BCUT2D eigenvalue weighted by molar-refractivity contribution is -0.858. The van der Waals surface area contributed by atoms with Crippen molar-refractivity contribution >= 4 is 76.4 Å². The number of fused-ring (bicyclic) bond motifs is 15. The Hall–Kier alpha value is -9.98. The quantitative estimate of drug-likeness (QED) is 0.0447. The van der Waals surface area contributed by atoms with Gasteiger partial charge in [-0.2, -0.15) is 13.2 Å². The molecule has 12 rings (SSSR count). The Morgan fingerprint density at radius 3 is 1.89 bits per heavy atom. The van der Waals surface area contributed by atoms with Crippen LogP contribution in [0.1, 0.15) is 112 Å². The third kappa shape index (κ3) is 20.6. The third-order valence-corrected chi connectivity index (χ3v) is 19.8. The Bertz CT molecular complexity index is 4450. The Labute approximate surface area is 657 Å². The maximum atomic E-state index is 16.2. The molecule has 0 aromatic heterocycles. The number of carboxylic acids is 1. The van der Waals surface area contributed by atoms with Crippen molar-refractivity contribution in [1.82, 2.24) is 42.5 Å². The van der Waals surface area contributed by atoms with E-state index in [9.17, 15) is 78.3 Å². The number of primary amides is 1. The molecule has 8 amide bonds. The lowest BCUT2D eigenvalue weighted by Gasteiger charge is -2.47. The van der Waals surface area contributed by atoms with Crippen molar-refractivity contribution in [1.29, 1.82) is 0 Å². The van der Waals surface area contributed by atoms with E-state index in [4.69, 9.17) is 73.0 Å². The van der Waals surface area contributed by atoms with Gasteiger partial charge in [0.05, 0.1) is 62.0 Å². The van der Waals surface area contributed by atoms with Crippen molar-refractivity contribution in [3.8, 4) is 57.1 Å². The molecule has 41 heteroatoms. The summed E-state index contributed by atoms with van der Waals surface area (Å²) in [5, 5.41) is 133. The molecule has 0 radical (unpaired) electrons. The largest absolute Gasteiger partial charge is 0.542 e. The van der Waals surface area contributed by atoms with E-state index in [-0.39, 0.29) is 69.6 Å². The Morgan fingerprint density at radius 2 is 1.33 bits per heavy atom. The number of carboxylic acid groups (broad SMARTS) is 1. The van der Waals surface area contributed by atoms with Crippen molar-refractivity contribution in [2.24, 2.45) is 17.4 Å². The van der Waals surface area contributed by atoms with Crippen LogP contribution in [0, 0.1) is 5.92 Å². The standard InChI is InChI=1S/C71H87Cl2N11O23.C2HF3O2/c1-28(2)17-39(76-5)63(95)82-54-56(90)31-10-13-43(37(72)19-31)103-45-21-33-22-46(60(45)107-70-61(59(93)58(92)47(27-85)105-70)106-49-26-71(4,75)62(94)29(3)102-49)104-44-14-11-32(20-38(44)73)57(91)55-69(101)81-53(65(97)77-15-8-16-84(6)7)36-23-34(86)24-42(88)50(36)35-18-30(9-12-41(35)87)51(66(98)83-55)80-67(99)52(33)79-64(96)40(25-48(74)89)78-68(54)100;3-2(4,5)1(6)7/h9-14,18-24,28-29,39-40,47,49,51-59,61-62,70,76,85-88,90-94H,8,15-17,25-27,75H2,1-7H3,(H2,74,89)(H,77,97)(H,78,100)(H,79,96)(H,80,99)(H,81,101)(H,82,95)(H,83,98);(H,6,7)/t29-,39+,40-,47+,49-,51+,52+,53-,54+,55-,56+,57+,58+,59-,61+,62+,70-,71-;/m0./s1. The summed E-state index contributed by atoms with van der Waals surface area (Å²) in [5.74, 6) is -17.4. The molecule has 5 aromatic rings. The lowest BCUT2D eigenvalue weighted by Crippen LogP contribution is -3.05. The van der Waals surface area contributed by atoms with E-state index in [1.54, 1.807) is 0 Å². The van der Waals surface area contributed by atoms with Gasteiger partial charge in [0, 0.05) is 42.1 Å². The van der Waals surface area contributed by atoms with Crippen LogP contribution in [0.25, 0.3) is 11.1 Å². The van der Waals surface area contributed by atoms with Crippen molar-refractivity contribution in [3.63, 3.8) is 0 Å². The number of hydrogen-bond acceptors (Lipinski definition) is 27. The normalized spacial score (nSPS) is 27.4. The number of phenolic OH excluding ortho intramolecular Hbond substituents is 3. The van der Waals surface area contributed by atoms with E-state index in [0.29, 0.717) is 13.0 Å². The van der Waals surface area contributed by atoms with Crippen molar-refractivity contribution < 1.29 is 141 Å². The fourth-order valence-electron chi connectivity index (χ4n) is 13.3. The number of nitrogens with one attached hydrogen (secondary N) is 9. The highest BCUT2D eigenvalue weighted by molar-refractivity contribution is 6.32. The van der Waals surface area contributed by atoms with Gasteiger partial charge < -0.3 is 143 Å². The van der Waals surface area contributed by atoms with E-state index in [1.807, 2.05) is 27.9 Å². The summed E-state index contributed by atoms with van der Waals surface area (Å²) >= 11 is 14.2. The summed E-state index contributed by atoms with van der Waals surface area (Å²) in [6, 6.07) is 0.550. The summed E-state index contributed by atoms with van der Waals surface area (Å²) < 4.78 is 70.1. The van der Waals surface area contributed by atoms with Crippen LogP contribution in [0.5, 0.6) is 46.0 Å². The minimum atomic E-state index is -5.19. The third-order valence-electron chi connectivity index (χ3n) is 19.2. The molecule has 620 valence electrons. The van der Waals surface area contributed by atoms with Crippen LogP contribution in [-0.2, 0) is 57.4 Å². The minimum absolute atomic E-state index is 0.0294. The SMILES string of the molecule is CN[C@H](CC(C)C)C(=O)N[C@H]1C(=O)N[C@@H](CC(N)=O)C(=O)N[C@H]2C(=O)N[C@H]3C(=O)N[C@H](C(=O)N[C@H](C(=O)NCCC[NH+](C)C)c4cc(O)cc(O)c4-c4cc3ccc4O)[C@H](O)c3ccc(c(Cl)c3)Oc3cc2cc(c3O[C@@H]2O[C@H](CO)[C@@H](O)[C@H](O)[C@H]2O[C@H]2C[C@](C)(N)[C@H](O)[C@H](C)O2)Oc2ccc(cc2Cl)[C@H]1O.O=C([O-])C(F)(F)F. The molecular weight excluding hydrogens is 1560 g/mol. The van der Waals surface area contributed by atoms with Gasteiger partial charge in [-0.1, -0.05) is 55.2 Å². The summed E-state index contributed by atoms with van der Waals surface area (Å²) in [6.45, 7) is 6.30. The van der Waals surface area contributed by atoms with E-state index >= 15 is 19.2 Å². The monoisotopic (exact) mass is 1650 g/mol. The van der Waals surface area contributed by atoms with Gasteiger partial charge in [0.25, 0.3) is 0 Å². The molecule has 7 aliphatic heterocycles. The van der Waals surface area contributed by atoms with Crippen molar-refractivity contribution in [2.45, 2.75) is 169 Å². The summed E-state index contributed by atoms with van der Waals surface area (Å²) in [5.41, 5.74) is 8.69. The number of ether oxygens (including phenoxy) is 6. The molecular formula is C73H88Cl2F3N11O25. The smallest absolute Gasteiger partial charge is 0.430 e. The zero-order chi connectivity index (χ0) is 84.0. The maximum Gasteiger partial charge on any atom is 0.430 e. The zero-order valence-electron chi connectivity index (χ0n) is 61.9. The Morgan fingerprint density at radius 1 is 0.746 bits per heavy atom. The van der Waals surface area contributed by atoms with Gasteiger partial charge in [-0.05, 0) is 116 Å². The first-order chi connectivity index (χ1) is 53.5. The Kier molecular flexibility index (Phi) is 28.3. The molecule has 5 aromatic carbocycles. The topological polar surface area (TPSA) is 567 Å². The minimum Gasteiger partial charge on any atom is -0.542 e. The van der Waals surface area contributed by atoms with Crippen molar-refractivity contribution in [3.05, 3.63) is 117 Å². The number of likely N-dealkylation sites (N-methyl/N-ethyl adjacent to an activating group) is 1. The van der Waals surface area contributed by atoms with Gasteiger partial charge in [0.15, 0.2) is 23.9 Å². The number of nitrogens with two attached hydrogens (primary N) is 2. The molecule has 7 heterocycles. The first kappa shape index (κ1) is 88.0. The molecule has 2 fully saturated rings. The van der Waals surface area contributed by atoms with Gasteiger partial charge in [-0.15, -0.1) is 0 Å². The van der Waals surface area contributed by atoms with E-state index < -0.39 is 232 Å². The first-order valence-corrected chi connectivity index (χ1v) is 36.3. The summed E-state index contributed by atoms with van der Waals surface area (Å²) in [7, 11) is 5.24. The second kappa shape index (κ2) is 36.7. The van der Waals surface area contributed by atoms with Gasteiger partial charge >= 0.3 is 6.18 Å². The molecule has 0 spiro atoms. The number of halogens is 5. The van der Waals surface area contributed by atoms with Gasteiger partial charge in [0.2, 0.25) is 59.3 Å². The first-order valence-electron chi connectivity index (χ1n) is 35.6. The number of carbonyl (C=O) groups is 9. The van der Waals surface area contributed by atoms with Crippen LogP contribution < -0.4 is 78.2 Å². The van der Waals surface area contributed by atoms with Crippen LogP contribution >= 0.6 is 23.2 Å². The van der Waals surface area contributed by atoms with Gasteiger partial charge in [-0.3, -0.25) is 38.4 Å². The number of hydrogen-bond donors (Lipinski definition) is 20. The van der Waals surface area contributed by atoms with Crippen LogP contribution in [0.4, 0.5) is 13.2 Å². The Balaban J connectivity index is 0.00000203. The second-order valence-corrected chi connectivity index (χ2v) is 29.6. The fourth-order valence-corrected chi connectivity index (χ4v) is 13.7. The number of alkyl halides is 3. The molecule has 0 saturated carbocycles. The predicted molar refractivity (Wildman–Crippen MR) is 388 cm³/mol. The number of aromatic hydroxyl groups is 3. The average Bonchev–Trinajstić information content (AvgIpc) is 1.28. The number of aliphatic carboxylic acids is 1. The van der Waals surface area contributed by atoms with E-state index in [1.165, 1.54) is 45.2 Å². The molecule has 11 bridgehead atoms. The number of aliphatic hydroxyl groups excluding tert-OH is 6. The summed E-state index contributed by atoms with van der Waals surface area (Å²) in [4.78, 5) is 129. The van der Waals surface area contributed by atoms with E-state index in [2.05, 4.69) is 42.5 Å². The van der Waals surface area contributed by atoms with Crippen LogP contribution in [0.3, 0.4) is 0 Å². The van der Waals surface area contributed by atoms with E-state index in [0.717, 1.165) is 59.5 Å². The number of rotatable bonds is 17. The summed E-state index contributed by atoms with van der Waals surface area (Å²) in [6.07, 6.45) is -23.2. The number of benzene rings is 5. The highest BCUT2D eigenvalue weighted by Gasteiger charge is 2.52. The molecule has 0 aliphatic carbocycles.